The lowest BCUT2D eigenvalue weighted by Gasteiger charge is -2.22. The molecule has 1 rings (SSSR count). The highest BCUT2D eigenvalue weighted by Gasteiger charge is 2.07. The topological polar surface area (TPSA) is 36.4 Å². The molecule has 1 aromatic heterocycles. The number of rotatable bonds is 6. The summed E-state index contributed by atoms with van der Waals surface area (Å²) in [7, 11) is 0. The van der Waals surface area contributed by atoms with Crippen molar-refractivity contribution in [3.05, 3.63) is 23.9 Å². The fraction of sp³-hybridized carbons (Fsp3) is 0.615. The predicted molar refractivity (Wildman–Crippen MR) is 67.7 cm³/mol. The van der Waals surface area contributed by atoms with Gasteiger partial charge in [0, 0.05) is 19.3 Å². The third kappa shape index (κ3) is 3.49. The van der Waals surface area contributed by atoms with E-state index in [2.05, 4.69) is 23.7 Å². The van der Waals surface area contributed by atoms with Gasteiger partial charge in [-0.05, 0) is 31.4 Å². The van der Waals surface area contributed by atoms with Crippen molar-refractivity contribution < 1.29 is 5.11 Å². The summed E-state index contributed by atoms with van der Waals surface area (Å²) in [6.07, 6.45) is 3.57. The first kappa shape index (κ1) is 13.0. The molecule has 1 unspecified atom stereocenters. The molecule has 90 valence electrons. The van der Waals surface area contributed by atoms with Crippen molar-refractivity contribution in [1.82, 2.24) is 4.98 Å². The van der Waals surface area contributed by atoms with Crippen molar-refractivity contribution in [3.63, 3.8) is 0 Å². The molecule has 0 saturated heterocycles. The van der Waals surface area contributed by atoms with E-state index in [4.69, 9.17) is 0 Å². The molecule has 0 aliphatic carbocycles. The number of pyridine rings is 1. The molecular formula is C13H22N2O. The van der Waals surface area contributed by atoms with Gasteiger partial charge >= 0.3 is 0 Å². The molecule has 0 aliphatic rings. The highest BCUT2D eigenvalue weighted by Crippen LogP contribution is 2.16. The molecule has 0 bridgehead atoms. The first-order chi connectivity index (χ1) is 7.69. The van der Waals surface area contributed by atoms with Gasteiger partial charge in [-0.3, -0.25) is 0 Å². The van der Waals surface area contributed by atoms with E-state index in [0.717, 1.165) is 37.3 Å². The number of aliphatic hydroxyl groups is 1. The van der Waals surface area contributed by atoms with Crippen LogP contribution in [0, 0.1) is 0 Å². The Morgan fingerprint density at radius 2 is 1.88 bits per heavy atom. The average Bonchev–Trinajstić information content (AvgIpc) is 2.29. The van der Waals surface area contributed by atoms with E-state index in [-0.39, 0.29) is 0 Å². The van der Waals surface area contributed by atoms with Crippen molar-refractivity contribution in [3.8, 4) is 0 Å². The second-order valence-corrected chi connectivity index (χ2v) is 4.11. The number of anilines is 1. The SMILES string of the molecule is CCCN(CCC)c1ccc(C(C)O)cn1. The minimum atomic E-state index is -0.438. The van der Waals surface area contributed by atoms with Crippen LogP contribution in [-0.4, -0.2) is 23.2 Å². The van der Waals surface area contributed by atoms with E-state index < -0.39 is 6.10 Å². The van der Waals surface area contributed by atoms with E-state index in [1.54, 1.807) is 13.1 Å². The molecule has 1 N–H and O–H groups in total. The molecule has 0 radical (unpaired) electrons. The highest BCUT2D eigenvalue weighted by atomic mass is 16.3. The summed E-state index contributed by atoms with van der Waals surface area (Å²) in [4.78, 5) is 6.69. The monoisotopic (exact) mass is 222 g/mol. The summed E-state index contributed by atoms with van der Waals surface area (Å²) < 4.78 is 0. The van der Waals surface area contributed by atoms with Crippen LogP contribution in [0.25, 0.3) is 0 Å². The maximum absolute atomic E-state index is 9.41. The number of hydrogen-bond donors (Lipinski definition) is 1. The highest BCUT2D eigenvalue weighted by molar-refractivity contribution is 5.39. The summed E-state index contributed by atoms with van der Waals surface area (Å²) >= 11 is 0. The molecule has 1 aromatic rings. The van der Waals surface area contributed by atoms with Crippen LogP contribution in [0.3, 0.4) is 0 Å². The van der Waals surface area contributed by atoms with Crippen LogP contribution in [0.5, 0.6) is 0 Å². The molecule has 0 aromatic carbocycles. The first-order valence-electron chi connectivity index (χ1n) is 6.08. The lowest BCUT2D eigenvalue weighted by Crippen LogP contribution is -2.25. The van der Waals surface area contributed by atoms with Crippen LogP contribution in [0.1, 0.15) is 45.3 Å². The quantitative estimate of drug-likeness (QED) is 0.804. The predicted octanol–water partition coefficient (Wildman–Crippen LogP) is 2.76. The van der Waals surface area contributed by atoms with Gasteiger partial charge < -0.3 is 10.0 Å². The second kappa shape index (κ2) is 6.48. The molecule has 0 saturated carbocycles. The van der Waals surface area contributed by atoms with Gasteiger partial charge in [-0.2, -0.15) is 0 Å². The number of nitrogens with zero attached hydrogens (tertiary/aromatic N) is 2. The lowest BCUT2D eigenvalue weighted by atomic mass is 10.2. The Balaban J connectivity index is 2.76. The molecule has 1 heterocycles. The molecule has 0 aliphatic heterocycles. The standard InChI is InChI=1S/C13H22N2O/c1-4-8-15(9-5-2)13-7-6-12(10-14-13)11(3)16/h6-7,10-11,16H,4-5,8-9H2,1-3H3. The molecule has 3 nitrogen and oxygen atoms in total. The van der Waals surface area contributed by atoms with Crippen molar-refractivity contribution in [1.29, 1.82) is 0 Å². The zero-order valence-corrected chi connectivity index (χ0v) is 10.5. The smallest absolute Gasteiger partial charge is 0.128 e. The maximum atomic E-state index is 9.41. The van der Waals surface area contributed by atoms with Crippen molar-refractivity contribution in [2.75, 3.05) is 18.0 Å². The van der Waals surface area contributed by atoms with Gasteiger partial charge in [0.2, 0.25) is 0 Å². The van der Waals surface area contributed by atoms with Gasteiger partial charge in [0.25, 0.3) is 0 Å². The van der Waals surface area contributed by atoms with Crippen LogP contribution < -0.4 is 4.90 Å². The van der Waals surface area contributed by atoms with Crippen molar-refractivity contribution in [2.45, 2.75) is 39.7 Å². The normalized spacial score (nSPS) is 12.5. The zero-order valence-electron chi connectivity index (χ0n) is 10.5. The average molecular weight is 222 g/mol. The molecule has 0 fully saturated rings. The molecule has 1 atom stereocenters. The lowest BCUT2D eigenvalue weighted by molar-refractivity contribution is 0.199. The van der Waals surface area contributed by atoms with Gasteiger partial charge in [-0.15, -0.1) is 0 Å². The molecule has 0 amide bonds. The molecule has 3 heteroatoms. The Morgan fingerprint density at radius 1 is 1.25 bits per heavy atom. The Hall–Kier alpha value is -1.09. The molecule has 16 heavy (non-hydrogen) atoms. The summed E-state index contributed by atoms with van der Waals surface area (Å²) in [5, 5.41) is 9.41. The van der Waals surface area contributed by atoms with Crippen LogP contribution in [0.15, 0.2) is 18.3 Å². The van der Waals surface area contributed by atoms with Gasteiger partial charge in [0.1, 0.15) is 5.82 Å². The summed E-state index contributed by atoms with van der Waals surface area (Å²) in [5.41, 5.74) is 0.872. The summed E-state index contributed by atoms with van der Waals surface area (Å²) in [6.45, 7) is 8.18. The van der Waals surface area contributed by atoms with Gasteiger partial charge in [-0.1, -0.05) is 19.9 Å². The largest absolute Gasteiger partial charge is 0.389 e. The first-order valence-corrected chi connectivity index (χ1v) is 6.08. The Morgan fingerprint density at radius 3 is 2.25 bits per heavy atom. The van der Waals surface area contributed by atoms with Crippen LogP contribution in [0.2, 0.25) is 0 Å². The Kier molecular flexibility index (Phi) is 5.26. The fourth-order valence-corrected chi connectivity index (χ4v) is 1.71. The second-order valence-electron chi connectivity index (χ2n) is 4.11. The van der Waals surface area contributed by atoms with E-state index in [0.29, 0.717) is 0 Å². The molecule has 0 spiro atoms. The minimum Gasteiger partial charge on any atom is -0.389 e. The van der Waals surface area contributed by atoms with Crippen LogP contribution >= 0.6 is 0 Å². The third-order valence-corrected chi connectivity index (χ3v) is 2.56. The van der Waals surface area contributed by atoms with E-state index in [9.17, 15) is 5.11 Å². The minimum absolute atomic E-state index is 0.438. The molecular weight excluding hydrogens is 200 g/mol. The summed E-state index contributed by atoms with van der Waals surface area (Å²) in [6, 6.07) is 3.94. The van der Waals surface area contributed by atoms with Gasteiger partial charge in [0.15, 0.2) is 0 Å². The Labute approximate surface area is 98.1 Å². The fourth-order valence-electron chi connectivity index (χ4n) is 1.71. The number of hydrogen-bond acceptors (Lipinski definition) is 3. The van der Waals surface area contributed by atoms with Crippen LogP contribution in [0.4, 0.5) is 5.82 Å². The number of aliphatic hydroxyl groups excluding tert-OH is 1. The Bertz CT molecular complexity index is 289. The zero-order chi connectivity index (χ0) is 12.0. The van der Waals surface area contributed by atoms with Crippen molar-refractivity contribution in [2.24, 2.45) is 0 Å². The third-order valence-electron chi connectivity index (χ3n) is 2.56. The van der Waals surface area contributed by atoms with Gasteiger partial charge in [-0.25, -0.2) is 4.98 Å². The van der Waals surface area contributed by atoms with E-state index in [1.807, 2.05) is 12.1 Å². The van der Waals surface area contributed by atoms with E-state index >= 15 is 0 Å². The van der Waals surface area contributed by atoms with Gasteiger partial charge in [0.05, 0.1) is 6.10 Å². The number of aromatic nitrogens is 1. The van der Waals surface area contributed by atoms with Crippen molar-refractivity contribution >= 4 is 5.82 Å². The van der Waals surface area contributed by atoms with Crippen LogP contribution in [-0.2, 0) is 0 Å². The maximum Gasteiger partial charge on any atom is 0.128 e. The van der Waals surface area contributed by atoms with E-state index in [1.165, 1.54) is 0 Å². The summed E-state index contributed by atoms with van der Waals surface area (Å²) in [5.74, 6) is 1.01.